The molecule has 3 fully saturated rings. The lowest BCUT2D eigenvalue weighted by Gasteiger charge is -2.40. The van der Waals surface area contributed by atoms with Gasteiger partial charge in [0.2, 0.25) is 0 Å². The number of hydrogen-bond donors (Lipinski definition) is 0. The third kappa shape index (κ3) is 8.67. The number of allylic oxidation sites excluding steroid dienone is 1. The number of rotatable bonds is 12. The van der Waals surface area contributed by atoms with Crippen molar-refractivity contribution in [3.63, 3.8) is 0 Å². The molecule has 9 heteroatoms. The van der Waals surface area contributed by atoms with E-state index in [0.717, 1.165) is 106 Å². The number of hydrogen-bond acceptors (Lipinski definition) is 8. The lowest BCUT2D eigenvalue weighted by atomic mass is 9.82. The van der Waals surface area contributed by atoms with Crippen LogP contribution < -0.4 is 26.3 Å². The second kappa shape index (κ2) is 17.0. The largest absolute Gasteiger partial charge is 0.443 e. The molecule has 0 bridgehead atoms. The van der Waals surface area contributed by atoms with Crippen molar-refractivity contribution in [2.75, 3.05) is 42.6 Å². The molecule has 9 nitrogen and oxygen atoms in total. The van der Waals surface area contributed by atoms with Gasteiger partial charge in [-0.3, -0.25) is 19.1 Å². The molecule has 0 spiro atoms. The summed E-state index contributed by atoms with van der Waals surface area (Å²) in [5, 5.41) is 0. The standard InChI is InChI=1S/C41H52N4O5/c1-4-43(5-2)35-18-14-31(15-19-35)24-38(28-46)49-29-42-34-11-9-10-33(26-34)40-27-44(22-23-48-40)36-20-16-32(17-21-36)25-39-41(47)45(30(3)50-39)37-12-7-6-8-13-37/h14-21,24-25,28-29,33-34,37,40H,3-13,22-23,26-27H2,1-2H3/b38-24+,39-25+,42-29+. The van der Waals surface area contributed by atoms with Gasteiger partial charge in [0, 0.05) is 43.6 Å². The predicted molar refractivity (Wildman–Crippen MR) is 201 cm³/mol. The van der Waals surface area contributed by atoms with Crippen LogP contribution in [0.3, 0.4) is 0 Å². The lowest BCUT2D eigenvalue weighted by Crippen LogP contribution is -2.47. The zero-order valence-electron chi connectivity index (χ0n) is 29.7. The van der Waals surface area contributed by atoms with E-state index in [2.05, 4.69) is 54.5 Å². The minimum Gasteiger partial charge on any atom is -0.443 e. The van der Waals surface area contributed by atoms with Crippen molar-refractivity contribution in [3.05, 3.63) is 86.7 Å². The maximum absolute atomic E-state index is 13.2. The van der Waals surface area contributed by atoms with E-state index in [1.165, 1.54) is 12.8 Å². The molecule has 3 aliphatic rings. The topological polar surface area (TPSA) is 89.5 Å². The van der Waals surface area contributed by atoms with Gasteiger partial charge in [-0.15, -0.1) is 0 Å². The Morgan fingerprint density at radius 1 is 0.980 bits per heavy atom. The van der Waals surface area contributed by atoms with Crippen molar-refractivity contribution in [1.29, 1.82) is 0 Å². The Hall–Kier alpha value is -4.37. The van der Waals surface area contributed by atoms with Crippen LogP contribution in [0.1, 0.15) is 88.8 Å². The Balaban J connectivity index is 1.03. The number of carbonyl (C=O) groups is 1. The van der Waals surface area contributed by atoms with Crippen LogP contribution in [0.25, 0.3) is 18.7 Å². The van der Waals surface area contributed by atoms with Crippen molar-refractivity contribution in [1.82, 2.24) is 4.57 Å². The van der Waals surface area contributed by atoms with Gasteiger partial charge in [-0.25, -0.2) is 0 Å². The highest BCUT2D eigenvalue weighted by atomic mass is 16.5. The predicted octanol–water partition coefficient (Wildman–Crippen LogP) is 6.08. The van der Waals surface area contributed by atoms with E-state index >= 15 is 0 Å². The van der Waals surface area contributed by atoms with Crippen molar-refractivity contribution in [2.45, 2.75) is 89.8 Å². The Bertz CT molecular complexity index is 1780. The van der Waals surface area contributed by atoms with Crippen LogP contribution in [0.2, 0.25) is 0 Å². The first kappa shape index (κ1) is 35.5. The zero-order chi connectivity index (χ0) is 34.9. The number of aliphatic imine (C=N–C) groups is 1. The minimum atomic E-state index is -0.0824. The summed E-state index contributed by atoms with van der Waals surface area (Å²) in [6, 6.07) is 16.8. The SMILES string of the molecule is C=c1o/c(=C/c2ccc(N3CCOC(C4CCCC(/N=C/O/C(C=O)=C/c5ccc(N(CC)CC)cc5)C4)C3)cc2)c(=O)n1C1CCCCC1. The average molecular weight is 681 g/mol. The number of aldehydes is 1. The summed E-state index contributed by atoms with van der Waals surface area (Å²) in [7, 11) is 0. The van der Waals surface area contributed by atoms with Crippen molar-refractivity contribution in [3.8, 4) is 0 Å². The van der Waals surface area contributed by atoms with Crippen LogP contribution >= 0.6 is 0 Å². The molecule has 0 amide bonds. The van der Waals surface area contributed by atoms with Crippen molar-refractivity contribution in [2.24, 2.45) is 10.9 Å². The smallest absolute Gasteiger partial charge is 0.296 e. The molecule has 2 heterocycles. The Morgan fingerprint density at radius 3 is 2.44 bits per heavy atom. The molecular weight excluding hydrogens is 628 g/mol. The molecule has 0 N–H and O–H groups in total. The number of carbonyl (C=O) groups excluding carboxylic acids is 1. The molecule has 2 aromatic carbocycles. The first-order valence-electron chi connectivity index (χ1n) is 18.5. The summed E-state index contributed by atoms with van der Waals surface area (Å²) in [6.07, 6.45) is 15.5. The van der Waals surface area contributed by atoms with Crippen molar-refractivity contribution < 1.29 is 18.7 Å². The van der Waals surface area contributed by atoms with Gasteiger partial charge in [0.25, 0.3) is 5.56 Å². The van der Waals surface area contributed by atoms with Crippen LogP contribution in [-0.4, -0.2) is 62.2 Å². The van der Waals surface area contributed by atoms with Crippen molar-refractivity contribution >= 4 is 42.8 Å². The number of benzene rings is 2. The number of nitrogens with zero attached hydrogens (tertiary/aromatic N) is 4. The summed E-state index contributed by atoms with van der Waals surface area (Å²) in [5.41, 5.74) is 4.84. The third-order valence-corrected chi connectivity index (χ3v) is 10.6. The monoisotopic (exact) mass is 680 g/mol. The molecule has 6 rings (SSSR count). The molecule has 0 radical (unpaired) electrons. The molecule has 2 saturated carbocycles. The summed E-state index contributed by atoms with van der Waals surface area (Å²) in [5.74, 6) is 0.633. The second-order valence-corrected chi connectivity index (χ2v) is 13.8. The van der Waals surface area contributed by atoms with E-state index in [4.69, 9.17) is 18.9 Å². The number of oxazole rings is 1. The number of anilines is 2. The Morgan fingerprint density at radius 2 is 1.72 bits per heavy atom. The quantitative estimate of drug-likeness (QED) is 0.0754. The second-order valence-electron chi connectivity index (χ2n) is 13.8. The van der Waals surface area contributed by atoms with E-state index in [0.29, 0.717) is 23.5 Å². The molecule has 50 heavy (non-hydrogen) atoms. The van der Waals surface area contributed by atoms with Gasteiger partial charge in [0.1, 0.15) is 0 Å². The highest BCUT2D eigenvalue weighted by Gasteiger charge is 2.32. The Kier molecular flexibility index (Phi) is 12.1. The molecule has 1 aliphatic heterocycles. The van der Waals surface area contributed by atoms with Gasteiger partial charge < -0.3 is 23.7 Å². The molecule has 3 atom stereocenters. The fourth-order valence-electron chi connectivity index (χ4n) is 7.86. The first-order valence-corrected chi connectivity index (χ1v) is 18.5. The number of aromatic nitrogens is 1. The van der Waals surface area contributed by atoms with Crippen LogP contribution in [0.4, 0.5) is 11.4 Å². The average Bonchev–Trinajstić information content (AvgIpc) is 3.44. The van der Waals surface area contributed by atoms with Gasteiger partial charge in [-0.1, -0.05) is 49.9 Å². The van der Waals surface area contributed by atoms with E-state index in [1.807, 2.05) is 30.3 Å². The van der Waals surface area contributed by atoms with Gasteiger partial charge in [-0.2, -0.15) is 0 Å². The van der Waals surface area contributed by atoms with Crippen LogP contribution in [-0.2, 0) is 14.3 Å². The van der Waals surface area contributed by atoms with Crippen LogP contribution in [0, 0.1) is 5.92 Å². The molecule has 266 valence electrons. The van der Waals surface area contributed by atoms with E-state index in [9.17, 15) is 9.59 Å². The van der Waals surface area contributed by atoms with Crippen LogP contribution in [0.15, 0.2) is 68.5 Å². The normalized spacial score (nSPS) is 22.6. The molecule has 3 unspecified atom stereocenters. The number of ether oxygens (including phenoxy) is 2. The molecule has 1 saturated heterocycles. The maximum Gasteiger partial charge on any atom is 0.296 e. The summed E-state index contributed by atoms with van der Waals surface area (Å²) < 4.78 is 19.6. The van der Waals surface area contributed by atoms with Gasteiger partial charge in [0.15, 0.2) is 29.4 Å². The van der Waals surface area contributed by atoms with Crippen LogP contribution in [0.5, 0.6) is 0 Å². The fraction of sp³-hybridized carbons (Fsp3) is 0.488. The molecular formula is C41H52N4O5. The van der Waals surface area contributed by atoms with E-state index < -0.39 is 0 Å². The molecule has 1 aromatic heterocycles. The maximum atomic E-state index is 13.2. The minimum absolute atomic E-state index is 0.0824. The lowest BCUT2D eigenvalue weighted by molar-refractivity contribution is -0.106. The summed E-state index contributed by atoms with van der Waals surface area (Å²) >= 11 is 0. The van der Waals surface area contributed by atoms with Gasteiger partial charge in [0.05, 0.1) is 18.8 Å². The summed E-state index contributed by atoms with van der Waals surface area (Å²) in [6.45, 7) is 12.5. The fourth-order valence-corrected chi connectivity index (χ4v) is 7.86. The summed E-state index contributed by atoms with van der Waals surface area (Å²) in [4.78, 5) is 34.3. The molecule has 2 aliphatic carbocycles. The zero-order valence-corrected chi connectivity index (χ0v) is 29.7. The molecule has 3 aromatic rings. The van der Waals surface area contributed by atoms with Gasteiger partial charge >= 0.3 is 0 Å². The van der Waals surface area contributed by atoms with Gasteiger partial charge in [-0.05, 0) is 106 Å². The first-order chi connectivity index (χ1) is 24.4. The Labute approximate surface area is 295 Å². The van der Waals surface area contributed by atoms with E-state index in [1.54, 1.807) is 10.6 Å². The highest BCUT2D eigenvalue weighted by Crippen LogP contribution is 2.33. The highest BCUT2D eigenvalue weighted by molar-refractivity contribution is 5.81. The van der Waals surface area contributed by atoms with E-state index in [-0.39, 0.29) is 29.5 Å². The third-order valence-electron chi connectivity index (χ3n) is 10.6. The number of morpholine rings is 1.